The van der Waals surface area contributed by atoms with Crippen molar-refractivity contribution < 1.29 is 4.79 Å². The summed E-state index contributed by atoms with van der Waals surface area (Å²) in [6.07, 6.45) is 3.43. The van der Waals surface area contributed by atoms with E-state index in [0.717, 1.165) is 38.0 Å². The normalized spacial score (nSPS) is 12.1. The number of pyridine rings is 1. The molecule has 1 aliphatic rings. The van der Waals surface area contributed by atoms with Gasteiger partial charge in [-0.2, -0.15) is 0 Å². The number of fused-ring (bicyclic) bond motifs is 2. The van der Waals surface area contributed by atoms with Gasteiger partial charge in [-0.1, -0.05) is 53.7 Å². The highest BCUT2D eigenvalue weighted by molar-refractivity contribution is 7.99. The molecule has 1 amide bonds. The molecule has 4 aromatic rings. The van der Waals surface area contributed by atoms with Crippen LogP contribution in [0.25, 0.3) is 0 Å². The van der Waals surface area contributed by atoms with Crippen LogP contribution in [-0.4, -0.2) is 16.7 Å². The van der Waals surface area contributed by atoms with Crippen LogP contribution in [0.3, 0.4) is 0 Å². The quantitative estimate of drug-likeness (QED) is 0.364. The summed E-state index contributed by atoms with van der Waals surface area (Å²) in [5.74, 6) is 0.628. The molecule has 1 aromatic heterocycles. The SMILES string of the molecule is O=C(NCc1ccncc1)c1ccc2c(c1)N=C(NCc1ccc(Cl)cc1)c1ccccc1S2. The van der Waals surface area contributed by atoms with Crippen LogP contribution in [0.15, 0.2) is 106 Å². The molecule has 7 heteroatoms. The maximum atomic E-state index is 12.8. The summed E-state index contributed by atoms with van der Waals surface area (Å²) >= 11 is 7.67. The van der Waals surface area contributed by atoms with E-state index in [4.69, 9.17) is 16.6 Å². The van der Waals surface area contributed by atoms with Crippen LogP contribution >= 0.6 is 23.4 Å². The van der Waals surface area contributed by atoms with Crippen molar-refractivity contribution in [3.05, 3.63) is 119 Å². The van der Waals surface area contributed by atoms with Crippen LogP contribution in [0, 0.1) is 0 Å². The van der Waals surface area contributed by atoms with Gasteiger partial charge in [-0.25, -0.2) is 4.99 Å². The zero-order chi connectivity index (χ0) is 23.3. The predicted octanol–water partition coefficient (Wildman–Crippen LogP) is 6.00. The zero-order valence-corrected chi connectivity index (χ0v) is 19.7. The fraction of sp³-hybridized carbons (Fsp3) is 0.0741. The van der Waals surface area contributed by atoms with Gasteiger partial charge in [0, 0.05) is 51.4 Å². The Balaban J connectivity index is 1.41. The third-order valence-corrected chi connectivity index (χ3v) is 6.78. The highest BCUT2D eigenvalue weighted by Gasteiger charge is 2.19. The minimum absolute atomic E-state index is 0.141. The van der Waals surface area contributed by atoms with Crippen molar-refractivity contribution in [3.8, 4) is 0 Å². The van der Waals surface area contributed by atoms with Gasteiger partial charge in [0.2, 0.25) is 0 Å². The molecule has 0 bridgehead atoms. The number of nitrogens with one attached hydrogen (secondary N) is 2. The molecular weight excluding hydrogens is 464 g/mol. The number of benzene rings is 3. The second-order valence-electron chi connectivity index (χ2n) is 7.76. The number of hydrogen-bond donors (Lipinski definition) is 2. The van der Waals surface area contributed by atoms with E-state index in [1.165, 1.54) is 0 Å². The molecule has 5 rings (SSSR count). The Morgan fingerprint density at radius 2 is 1.62 bits per heavy atom. The number of aromatic nitrogens is 1. The van der Waals surface area contributed by atoms with E-state index in [-0.39, 0.29) is 5.91 Å². The third kappa shape index (κ3) is 5.14. The predicted molar refractivity (Wildman–Crippen MR) is 137 cm³/mol. The lowest BCUT2D eigenvalue weighted by atomic mass is 10.1. The van der Waals surface area contributed by atoms with Gasteiger partial charge >= 0.3 is 0 Å². The van der Waals surface area contributed by atoms with E-state index in [2.05, 4.69) is 27.8 Å². The first-order valence-corrected chi connectivity index (χ1v) is 12.0. The van der Waals surface area contributed by atoms with Gasteiger partial charge in [-0.05, 0) is 59.7 Å². The third-order valence-electron chi connectivity index (χ3n) is 5.39. The first-order chi connectivity index (χ1) is 16.7. The number of carbonyl (C=O) groups excluding carboxylic acids is 1. The molecule has 0 unspecified atom stereocenters. The van der Waals surface area contributed by atoms with Crippen LogP contribution in [0.2, 0.25) is 5.02 Å². The Kier molecular flexibility index (Phi) is 6.60. The maximum absolute atomic E-state index is 12.8. The summed E-state index contributed by atoms with van der Waals surface area (Å²) in [7, 11) is 0. The van der Waals surface area contributed by atoms with Crippen molar-refractivity contribution in [2.45, 2.75) is 22.9 Å². The molecule has 2 N–H and O–H groups in total. The van der Waals surface area contributed by atoms with Gasteiger partial charge in [0.25, 0.3) is 5.91 Å². The topological polar surface area (TPSA) is 66.4 Å². The zero-order valence-electron chi connectivity index (χ0n) is 18.2. The number of halogens is 1. The largest absolute Gasteiger partial charge is 0.365 e. The van der Waals surface area contributed by atoms with E-state index < -0.39 is 0 Å². The molecule has 0 saturated carbocycles. The van der Waals surface area contributed by atoms with Crippen LogP contribution in [-0.2, 0) is 13.1 Å². The molecule has 5 nitrogen and oxygen atoms in total. The lowest BCUT2D eigenvalue weighted by Crippen LogP contribution is -2.24. The van der Waals surface area contributed by atoms with E-state index in [0.29, 0.717) is 23.7 Å². The molecule has 1 aliphatic heterocycles. The van der Waals surface area contributed by atoms with Crippen LogP contribution < -0.4 is 10.6 Å². The Morgan fingerprint density at radius 3 is 2.44 bits per heavy atom. The summed E-state index contributed by atoms with van der Waals surface area (Å²) in [4.78, 5) is 23.9. The summed E-state index contributed by atoms with van der Waals surface area (Å²) in [6.45, 7) is 1.05. The Hall–Kier alpha value is -3.61. The van der Waals surface area contributed by atoms with E-state index in [9.17, 15) is 4.79 Å². The maximum Gasteiger partial charge on any atom is 0.251 e. The first kappa shape index (κ1) is 22.2. The number of amides is 1. The number of carbonyl (C=O) groups is 1. The summed E-state index contributed by atoms with van der Waals surface area (Å²) in [5.41, 5.74) is 4.46. The second kappa shape index (κ2) is 10.1. The first-order valence-electron chi connectivity index (χ1n) is 10.8. The van der Waals surface area contributed by atoms with Gasteiger partial charge < -0.3 is 10.6 Å². The average molecular weight is 485 g/mol. The summed E-state index contributed by atoms with van der Waals surface area (Å²) < 4.78 is 0. The molecular formula is C27H21ClN4OS. The monoisotopic (exact) mass is 484 g/mol. The van der Waals surface area contributed by atoms with Crippen molar-refractivity contribution in [2.24, 2.45) is 4.99 Å². The number of nitrogens with zero attached hydrogens (tertiary/aromatic N) is 2. The van der Waals surface area contributed by atoms with Gasteiger partial charge in [-0.15, -0.1) is 0 Å². The smallest absolute Gasteiger partial charge is 0.251 e. The van der Waals surface area contributed by atoms with Crippen LogP contribution in [0.5, 0.6) is 0 Å². The summed E-state index contributed by atoms with van der Waals surface area (Å²) in [5, 5.41) is 7.15. The molecule has 0 saturated heterocycles. The highest BCUT2D eigenvalue weighted by Crippen LogP contribution is 2.40. The Labute approximate surface area is 207 Å². The van der Waals surface area contributed by atoms with Gasteiger partial charge in [0.05, 0.1) is 5.69 Å². The van der Waals surface area contributed by atoms with Crippen molar-refractivity contribution in [1.82, 2.24) is 15.6 Å². The fourth-order valence-corrected chi connectivity index (χ4v) is 4.72. The van der Waals surface area contributed by atoms with Gasteiger partial charge in [-0.3, -0.25) is 9.78 Å². The van der Waals surface area contributed by atoms with E-state index in [1.54, 1.807) is 24.2 Å². The Morgan fingerprint density at radius 1 is 0.853 bits per heavy atom. The molecule has 0 spiro atoms. The number of hydrogen-bond acceptors (Lipinski definition) is 5. The van der Waals surface area contributed by atoms with Crippen LogP contribution in [0.4, 0.5) is 5.69 Å². The number of aliphatic imine (C=N–C) groups is 1. The molecule has 34 heavy (non-hydrogen) atoms. The van der Waals surface area contributed by atoms with E-state index >= 15 is 0 Å². The second-order valence-corrected chi connectivity index (χ2v) is 9.28. The molecule has 168 valence electrons. The van der Waals surface area contributed by atoms with Gasteiger partial charge in [0.1, 0.15) is 5.84 Å². The molecule has 0 aliphatic carbocycles. The average Bonchev–Trinajstić information content (AvgIpc) is 3.03. The molecule has 0 atom stereocenters. The number of rotatable bonds is 5. The molecule has 0 fully saturated rings. The van der Waals surface area contributed by atoms with Crippen molar-refractivity contribution >= 4 is 40.8 Å². The minimum Gasteiger partial charge on any atom is -0.365 e. The lowest BCUT2D eigenvalue weighted by molar-refractivity contribution is 0.0951. The molecule has 0 radical (unpaired) electrons. The minimum atomic E-state index is -0.141. The molecule has 3 aromatic carbocycles. The van der Waals surface area contributed by atoms with E-state index in [1.807, 2.05) is 66.7 Å². The van der Waals surface area contributed by atoms with Crippen LogP contribution in [0.1, 0.15) is 27.0 Å². The number of amidine groups is 1. The standard InChI is InChI=1S/C27H21ClN4OS/c28-21-8-5-18(6-9-21)16-30-26-22-3-1-2-4-24(22)34-25-10-7-20(15-23(25)32-26)27(33)31-17-19-11-13-29-14-12-19/h1-15H,16-17H2,(H,30,32)(H,31,33). The fourth-order valence-electron chi connectivity index (χ4n) is 3.59. The van der Waals surface area contributed by atoms with Crippen molar-refractivity contribution in [3.63, 3.8) is 0 Å². The Bertz CT molecular complexity index is 1360. The summed E-state index contributed by atoms with van der Waals surface area (Å²) in [6, 6.07) is 25.3. The lowest BCUT2D eigenvalue weighted by Gasteiger charge is -2.11. The van der Waals surface area contributed by atoms with Gasteiger partial charge in [0.15, 0.2) is 0 Å². The van der Waals surface area contributed by atoms with Crippen molar-refractivity contribution in [1.29, 1.82) is 0 Å². The van der Waals surface area contributed by atoms with Crippen molar-refractivity contribution in [2.75, 3.05) is 0 Å². The molecule has 2 heterocycles. The highest BCUT2D eigenvalue weighted by atomic mass is 35.5.